The Labute approximate surface area is 130 Å². The molecule has 0 spiro atoms. The smallest absolute Gasteiger partial charge is 0.192 e. The second kappa shape index (κ2) is 6.76. The van der Waals surface area contributed by atoms with Crippen molar-refractivity contribution < 1.29 is 4.43 Å². The van der Waals surface area contributed by atoms with Crippen molar-refractivity contribution in [3.63, 3.8) is 0 Å². The number of hydrogen-bond acceptors (Lipinski definition) is 4. The van der Waals surface area contributed by atoms with Gasteiger partial charge in [-0.1, -0.05) is 44.0 Å². The molecule has 0 saturated heterocycles. The predicted octanol–water partition coefficient (Wildman–Crippen LogP) is 4.90. The molecule has 1 aromatic rings. The molecule has 0 saturated carbocycles. The molecule has 0 unspecified atom stereocenters. The summed E-state index contributed by atoms with van der Waals surface area (Å²) in [5, 5.41) is 8.44. The van der Waals surface area contributed by atoms with E-state index in [4.69, 9.17) is 27.6 Å². The Morgan fingerprint density at radius 1 is 1.26 bits per heavy atom. The van der Waals surface area contributed by atoms with E-state index in [1.807, 2.05) is 0 Å². The summed E-state index contributed by atoms with van der Waals surface area (Å²) in [5.41, 5.74) is 0. The molecule has 3 nitrogen and oxygen atoms in total. The molecule has 0 radical (unpaired) electrons. The average molecular weight is 339 g/mol. The lowest BCUT2D eigenvalue weighted by Gasteiger charge is -2.36. The number of thioether (sulfide) groups is 1. The lowest BCUT2D eigenvalue weighted by atomic mass is 10.2. The van der Waals surface area contributed by atoms with E-state index in [0.717, 1.165) is 10.6 Å². The van der Waals surface area contributed by atoms with Gasteiger partial charge in [-0.3, -0.25) is 0 Å². The molecule has 108 valence electrons. The summed E-state index contributed by atoms with van der Waals surface area (Å²) < 4.78 is 6.09. The van der Waals surface area contributed by atoms with Crippen molar-refractivity contribution in [3.05, 3.63) is 16.4 Å². The van der Waals surface area contributed by atoms with E-state index in [1.165, 1.54) is 0 Å². The summed E-state index contributed by atoms with van der Waals surface area (Å²) in [4.78, 5) is 0.848. The Morgan fingerprint density at radius 2 is 1.89 bits per heavy atom. The summed E-state index contributed by atoms with van der Waals surface area (Å²) in [5.74, 6) is 0.828. The van der Waals surface area contributed by atoms with Crippen molar-refractivity contribution in [2.24, 2.45) is 0 Å². The average Bonchev–Trinajstić information content (AvgIpc) is 2.27. The highest BCUT2D eigenvalue weighted by molar-refractivity contribution is 7.99. The van der Waals surface area contributed by atoms with E-state index in [0.29, 0.717) is 16.9 Å². The van der Waals surface area contributed by atoms with Crippen LogP contribution < -0.4 is 0 Å². The van der Waals surface area contributed by atoms with Gasteiger partial charge in [0.05, 0.1) is 0 Å². The van der Waals surface area contributed by atoms with Gasteiger partial charge in [0, 0.05) is 17.3 Å². The zero-order chi connectivity index (χ0) is 14.7. The molecular weight excluding hydrogens is 319 g/mol. The maximum Gasteiger partial charge on any atom is 0.192 e. The van der Waals surface area contributed by atoms with E-state index in [2.05, 4.69) is 44.1 Å². The van der Waals surface area contributed by atoms with Crippen LogP contribution in [-0.2, 0) is 4.43 Å². The van der Waals surface area contributed by atoms with Gasteiger partial charge in [-0.15, -0.1) is 22.0 Å². The molecule has 0 aliphatic carbocycles. The van der Waals surface area contributed by atoms with Crippen LogP contribution >= 0.6 is 35.0 Å². The van der Waals surface area contributed by atoms with Crippen LogP contribution in [0.3, 0.4) is 0 Å². The molecule has 7 heteroatoms. The van der Waals surface area contributed by atoms with Crippen molar-refractivity contribution in [3.8, 4) is 0 Å². The van der Waals surface area contributed by atoms with Gasteiger partial charge >= 0.3 is 0 Å². The zero-order valence-corrected chi connectivity index (χ0v) is 15.3. The van der Waals surface area contributed by atoms with Crippen LogP contribution in [0, 0.1) is 0 Å². The van der Waals surface area contributed by atoms with Gasteiger partial charge in [0.2, 0.25) is 0 Å². The van der Waals surface area contributed by atoms with Crippen LogP contribution in [0.5, 0.6) is 0 Å². The highest BCUT2D eigenvalue weighted by Crippen LogP contribution is 2.36. The zero-order valence-electron chi connectivity index (χ0n) is 12.0. The highest BCUT2D eigenvalue weighted by Gasteiger charge is 2.36. The second-order valence-electron chi connectivity index (χ2n) is 5.78. The summed E-state index contributed by atoms with van der Waals surface area (Å²) >= 11 is 13.3. The maximum atomic E-state index is 6.09. The molecule has 0 amide bonds. The van der Waals surface area contributed by atoms with Crippen molar-refractivity contribution in [1.29, 1.82) is 0 Å². The van der Waals surface area contributed by atoms with Gasteiger partial charge in [-0.2, -0.15) is 0 Å². The maximum absolute atomic E-state index is 6.09. The van der Waals surface area contributed by atoms with Crippen LogP contribution in [0.1, 0.15) is 20.8 Å². The molecular formula is C12H20Cl2N2OSSi. The molecule has 0 aliphatic rings. The standard InChI is InChI=1S/C12H20Cl2N2OSSi/c1-12(2,3)19(4,5)17-6-7-18-9-8-10(13)15-16-11(9)14/h8H,6-7H2,1-5H3. The highest BCUT2D eigenvalue weighted by atomic mass is 35.5. The first kappa shape index (κ1) is 17.2. The molecule has 0 bridgehead atoms. The third-order valence-electron chi connectivity index (χ3n) is 3.30. The monoisotopic (exact) mass is 338 g/mol. The Balaban J connectivity index is 2.45. The normalized spacial score (nSPS) is 12.8. The number of hydrogen-bond donors (Lipinski definition) is 0. The quantitative estimate of drug-likeness (QED) is 0.434. The number of nitrogens with zero attached hydrogens (tertiary/aromatic N) is 2. The van der Waals surface area contributed by atoms with Crippen LogP contribution in [0.25, 0.3) is 0 Å². The number of halogens is 2. The third-order valence-corrected chi connectivity index (χ3v) is 9.40. The fourth-order valence-corrected chi connectivity index (χ4v) is 3.51. The van der Waals surface area contributed by atoms with Gasteiger partial charge in [0.1, 0.15) is 0 Å². The van der Waals surface area contributed by atoms with Crippen molar-refractivity contribution in [2.75, 3.05) is 12.4 Å². The van der Waals surface area contributed by atoms with E-state index in [-0.39, 0.29) is 5.04 Å². The molecule has 0 fully saturated rings. The predicted molar refractivity (Wildman–Crippen MR) is 85.9 cm³/mol. The van der Waals surface area contributed by atoms with E-state index in [1.54, 1.807) is 17.8 Å². The molecule has 0 atom stereocenters. The van der Waals surface area contributed by atoms with Crippen molar-refractivity contribution >= 4 is 43.3 Å². The van der Waals surface area contributed by atoms with Crippen molar-refractivity contribution in [2.45, 2.75) is 43.8 Å². The summed E-state index contributed by atoms with van der Waals surface area (Å²) in [6.45, 7) is 11.9. The second-order valence-corrected chi connectivity index (χ2v) is 12.5. The Morgan fingerprint density at radius 3 is 2.47 bits per heavy atom. The lowest BCUT2D eigenvalue weighted by molar-refractivity contribution is 0.311. The minimum Gasteiger partial charge on any atom is -0.416 e. The number of rotatable bonds is 5. The Kier molecular flexibility index (Phi) is 6.14. The van der Waals surface area contributed by atoms with Gasteiger partial charge in [0.15, 0.2) is 18.6 Å². The summed E-state index contributed by atoms with van der Waals surface area (Å²) in [6, 6.07) is 1.73. The molecule has 19 heavy (non-hydrogen) atoms. The fraction of sp³-hybridized carbons (Fsp3) is 0.667. The van der Waals surface area contributed by atoms with E-state index >= 15 is 0 Å². The fourth-order valence-electron chi connectivity index (χ4n) is 1.10. The molecule has 1 aromatic heterocycles. The summed E-state index contributed by atoms with van der Waals surface area (Å²) in [6.07, 6.45) is 0. The van der Waals surface area contributed by atoms with Crippen LogP contribution in [0.4, 0.5) is 0 Å². The third kappa shape index (κ3) is 5.23. The summed E-state index contributed by atoms with van der Waals surface area (Å²) in [7, 11) is -1.67. The number of aromatic nitrogens is 2. The van der Waals surface area contributed by atoms with E-state index < -0.39 is 8.32 Å². The molecule has 0 aliphatic heterocycles. The Bertz CT molecular complexity index is 438. The lowest BCUT2D eigenvalue weighted by Crippen LogP contribution is -2.41. The molecule has 0 N–H and O–H groups in total. The first-order valence-corrected chi connectivity index (χ1v) is 10.7. The van der Waals surface area contributed by atoms with Crippen LogP contribution in [-0.4, -0.2) is 30.9 Å². The van der Waals surface area contributed by atoms with Gasteiger partial charge in [-0.25, -0.2) is 0 Å². The Hall–Kier alpha value is 0.187. The largest absolute Gasteiger partial charge is 0.416 e. The van der Waals surface area contributed by atoms with Crippen molar-refractivity contribution in [1.82, 2.24) is 10.2 Å². The topological polar surface area (TPSA) is 35.0 Å². The van der Waals surface area contributed by atoms with E-state index in [9.17, 15) is 0 Å². The molecule has 0 aromatic carbocycles. The van der Waals surface area contributed by atoms with Crippen LogP contribution in [0.2, 0.25) is 28.4 Å². The van der Waals surface area contributed by atoms with Gasteiger partial charge < -0.3 is 4.43 Å². The van der Waals surface area contributed by atoms with Gasteiger partial charge in [0.25, 0.3) is 0 Å². The minimum absolute atomic E-state index is 0.233. The first-order valence-electron chi connectivity index (χ1n) is 6.09. The minimum atomic E-state index is -1.67. The molecule has 1 heterocycles. The SMILES string of the molecule is CC(C)(C)[Si](C)(C)OCCSc1cc(Cl)nnc1Cl. The molecule has 1 rings (SSSR count). The van der Waals surface area contributed by atoms with Gasteiger partial charge in [-0.05, 0) is 24.2 Å². The van der Waals surface area contributed by atoms with Crippen LogP contribution in [0.15, 0.2) is 11.0 Å². The first-order chi connectivity index (χ1) is 8.63.